The first kappa shape index (κ1) is 19.6. The number of fused-ring (bicyclic) bond motifs is 1. The molecule has 2 aliphatic heterocycles. The number of nitrogens with one attached hydrogen (secondary N) is 1. The van der Waals surface area contributed by atoms with Crippen molar-refractivity contribution in [1.82, 2.24) is 10.2 Å². The summed E-state index contributed by atoms with van der Waals surface area (Å²) in [4.78, 5) is 36.4. The van der Waals surface area contributed by atoms with Crippen LogP contribution in [-0.4, -0.2) is 28.7 Å². The van der Waals surface area contributed by atoms with Gasteiger partial charge in [0.2, 0.25) is 11.8 Å². The van der Waals surface area contributed by atoms with Crippen molar-refractivity contribution in [1.29, 1.82) is 0 Å². The fourth-order valence-electron chi connectivity index (χ4n) is 2.62. The van der Waals surface area contributed by atoms with Crippen LogP contribution in [0.25, 0.3) is 0 Å². The summed E-state index contributed by atoms with van der Waals surface area (Å²) in [5, 5.41) is 2.19. The molecule has 0 radical (unpaired) electrons. The van der Waals surface area contributed by atoms with Crippen LogP contribution in [0, 0.1) is 5.82 Å². The predicted molar refractivity (Wildman–Crippen MR) is 89.6 cm³/mol. The van der Waals surface area contributed by atoms with Gasteiger partial charge in [-0.3, -0.25) is 19.7 Å². The normalized spacial score (nSPS) is 18.8. The Morgan fingerprint density at radius 1 is 1.17 bits per heavy atom. The molecule has 1 saturated heterocycles. The Balaban J connectivity index is 0.000000671. The highest BCUT2D eigenvalue weighted by Gasteiger charge is 2.40. The molecule has 1 aromatic rings. The van der Waals surface area contributed by atoms with Crippen LogP contribution in [0.15, 0.2) is 12.1 Å². The summed E-state index contributed by atoms with van der Waals surface area (Å²) in [5.41, 5.74) is 5.88. The lowest BCUT2D eigenvalue weighted by molar-refractivity contribution is -0.136. The average molecular weight is 337 g/mol. The number of imide groups is 1. The maximum atomic E-state index is 13.9. The quantitative estimate of drug-likeness (QED) is 0.607. The molecule has 0 saturated carbocycles. The second kappa shape index (κ2) is 8.42. The first-order chi connectivity index (χ1) is 11.5. The van der Waals surface area contributed by atoms with Gasteiger partial charge in [-0.25, -0.2) is 4.39 Å². The van der Waals surface area contributed by atoms with Crippen molar-refractivity contribution in [2.24, 2.45) is 0 Å². The molecule has 0 spiro atoms. The summed E-state index contributed by atoms with van der Waals surface area (Å²) in [6, 6.07) is 2.05. The number of nitrogen functional groups attached to an aromatic ring is 1. The third kappa shape index (κ3) is 3.55. The van der Waals surface area contributed by atoms with Crippen LogP contribution in [-0.2, 0) is 16.1 Å². The molecule has 1 fully saturated rings. The molecule has 132 valence electrons. The zero-order valence-corrected chi connectivity index (χ0v) is 14.5. The van der Waals surface area contributed by atoms with Gasteiger partial charge in [0.05, 0.1) is 12.2 Å². The van der Waals surface area contributed by atoms with Crippen LogP contribution in [0.2, 0.25) is 0 Å². The number of nitrogens with zero attached hydrogens (tertiary/aromatic N) is 1. The third-order valence-corrected chi connectivity index (χ3v) is 3.68. The van der Waals surface area contributed by atoms with Crippen LogP contribution in [0.5, 0.6) is 0 Å². The first-order valence-electron chi connectivity index (χ1n) is 8.20. The molecule has 0 aliphatic carbocycles. The van der Waals surface area contributed by atoms with Crippen molar-refractivity contribution in [3.8, 4) is 0 Å². The SMILES string of the molecule is CC.CC.Nc1ccc2c(c1F)CN(C1CCC(=O)NC1=O)C2=O. The van der Waals surface area contributed by atoms with Gasteiger partial charge >= 0.3 is 0 Å². The monoisotopic (exact) mass is 337 g/mol. The summed E-state index contributed by atoms with van der Waals surface area (Å²) in [5.74, 6) is -1.90. The summed E-state index contributed by atoms with van der Waals surface area (Å²) in [6.45, 7) is 8.00. The van der Waals surface area contributed by atoms with E-state index in [1.807, 2.05) is 27.7 Å². The van der Waals surface area contributed by atoms with E-state index in [0.29, 0.717) is 0 Å². The first-order valence-corrected chi connectivity index (χ1v) is 8.20. The zero-order valence-electron chi connectivity index (χ0n) is 14.5. The van der Waals surface area contributed by atoms with Gasteiger partial charge in [-0.1, -0.05) is 27.7 Å². The van der Waals surface area contributed by atoms with E-state index >= 15 is 0 Å². The van der Waals surface area contributed by atoms with Crippen LogP contribution < -0.4 is 11.1 Å². The number of amides is 3. The molecule has 0 bridgehead atoms. The largest absolute Gasteiger partial charge is 0.396 e. The van der Waals surface area contributed by atoms with E-state index in [2.05, 4.69) is 5.32 Å². The molecular formula is C17H24FN3O3. The molecule has 3 N–H and O–H groups in total. The molecule has 2 heterocycles. The summed E-state index contributed by atoms with van der Waals surface area (Å²) >= 11 is 0. The number of piperidine rings is 1. The Labute approximate surface area is 141 Å². The Kier molecular flexibility index (Phi) is 6.88. The minimum Gasteiger partial charge on any atom is -0.396 e. The van der Waals surface area contributed by atoms with Crippen LogP contribution in [0.3, 0.4) is 0 Å². The van der Waals surface area contributed by atoms with Crippen molar-refractivity contribution < 1.29 is 18.8 Å². The maximum Gasteiger partial charge on any atom is 0.255 e. The molecule has 3 amide bonds. The van der Waals surface area contributed by atoms with Gasteiger partial charge in [0.25, 0.3) is 5.91 Å². The number of rotatable bonds is 1. The number of anilines is 1. The summed E-state index contributed by atoms with van der Waals surface area (Å²) < 4.78 is 13.9. The lowest BCUT2D eigenvalue weighted by atomic mass is 10.0. The smallest absolute Gasteiger partial charge is 0.255 e. The molecule has 1 atom stereocenters. The molecule has 24 heavy (non-hydrogen) atoms. The Morgan fingerprint density at radius 2 is 1.79 bits per heavy atom. The predicted octanol–water partition coefficient (Wildman–Crippen LogP) is 2.22. The minimum absolute atomic E-state index is 0.00266. The van der Waals surface area contributed by atoms with E-state index in [1.54, 1.807) is 0 Å². The van der Waals surface area contributed by atoms with Gasteiger partial charge in [0.15, 0.2) is 5.82 Å². The zero-order chi connectivity index (χ0) is 18.4. The number of hydrogen-bond acceptors (Lipinski definition) is 4. The standard InChI is InChI=1S/C13H12FN3O3.2C2H6/c14-11-7-5-17(9-3-4-10(18)16-12(9)19)13(20)6(7)1-2-8(11)15;2*1-2/h1-2,9H,3-5,15H2,(H,16,18,19);2*1-2H3. The molecule has 1 unspecified atom stereocenters. The van der Waals surface area contributed by atoms with Gasteiger partial charge < -0.3 is 10.6 Å². The molecular weight excluding hydrogens is 313 g/mol. The van der Waals surface area contributed by atoms with Crippen LogP contribution in [0.4, 0.5) is 10.1 Å². The summed E-state index contributed by atoms with van der Waals surface area (Å²) in [6.07, 6.45) is 0.419. The van der Waals surface area contributed by atoms with Crippen molar-refractivity contribution in [3.05, 3.63) is 29.1 Å². The van der Waals surface area contributed by atoms with Gasteiger partial charge in [-0.2, -0.15) is 0 Å². The lowest BCUT2D eigenvalue weighted by Gasteiger charge is -2.29. The lowest BCUT2D eigenvalue weighted by Crippen LogP contribution is -2.52. The van der Waals surface area contributed by atoms with Crippen molar-refractivity contribution in [3.63, 3.8) is 0 Å². The second-order valence-corrected chi connectivity index (χ2v) is 4.89. The summed E-state index contributed by atoms with van der Waals surface area (Å²) in [7, 11) is 0. The molecule has 6 nitrogen and oxygen atoms in total. The van der Waals surface area contributed by atoms with Crippen LogP contribution >= 0.6 is 0 Å². The van der Waals surface area contributed by atoms with Crippen LogP contribution in [0.1, 0.15) is 56.5 Å². The maximum absolute atomic E-state index is 13.9. The third-order valence-electron chi connectivity index (χ3n) is 3.68. The number of carbonyl (C=O) groups excluding carboxylic acids is 3. The molecule has 1 aromatic carbocycles. The molecule has 2 aliphatic rings. The van der Waals surface area contributed by atoms with Gasteiger partial charge in [0, 0.05) is 17.5 Å². The average Bonchev–Trinajstić information content (AvgIpc) is 2.92. The fourth-order valence-corrected chi connectivity index (χ4v) is 2.62. The molecule has 7 heteroatoms. The second-order valence-electron chi connectivity index (χ2n) is 4.89. The van der Waals surface area contributed by atoms with E-state index in [0.717, 1.165) is 0 Å². The minimum atomic E-state index is -0.742. The number of carbonyl (C=O) groups is 3. The number of benzene rings is 1. The van der Waals surface area contributed by atoms with E-state index in [4.69, 9.17) is 5.73 Å². The van der Waals surface area contributed by atoms with E-state index < -0.39 is 23.7 Å². The van der Waals surface area contributed by atoms with Gasteiger partial charge in [0.1, 0.15) is 6.04 Å². The van der Waals surface area contributed by atoms with Crippen molar-refractivity contribution in [2.75, 3.05) is 5.73 Å². The number of halogens is 1. The molecule has 0 aromatic heterocycles. The highest BCUT2D eigenvalue weighted by Crippen LogP contribution is 2.31. The van der Waals surface area contributed by atoms with Crippen molar-refractivity contribution >= 4 is 23.4 Å². The van der Waals surface area contributed by atoms with Crippen molar-refractivity contribution in [2.45, 2.75) is 53.1 Å². The topological polar surface area (TPSA) is 92.5 Å². The van der Waals surface area contributed by atoms with E-state index in [-0.39, 0.29) is 42.1 Å². The van der Waals surface area contributed by atoms with E-state index in [1.165, 1.54) is 17.0 Å². The van der Waals surface area contributed by atoms with E-state index in [9.17, 15) is 18.8 Å². The van der Waals surface area contributed by atoms with Gasteiger partial charge in [-0.05, 0) is 18.6 Å². The highest BCUT2D eigenvalue weighted by molar-refractivity contribution is 6.05. The van der Waals surface area contributed by atoms with Gasteiger partial charge in [-0.15, -0.1) is 0 Å². The fraction of sp³-hybridized carbons (Fsp3) is 0.471. The highest BCUT2D eigenvalue weighted by atomic mass is 19.1. The number of hydrogen-bond donors (Lipinski definition) is 2. The Hall–Kier alpha value is -2.44. The number of nitrogens with two attached hydrogens (primary N) is 1. The molecule has 3 rings (SSSR count). The Morgan fingerprint density at radius 3 is 2.38 bits per heavy atom. The Bertz CT molecular complexity index is 646.